The highest BCUT2D eigenvalue weighted by atomic mass is 79.9. The van der Waals surface area contributed by atoms with Gasteiger partial charge in [-0.05, 0) is 58.6 Å². The van der Waals surface area contributed by atoms with Gasteiger partial charge in [-0.25, -0.2) is 9.82 Å². The predicted octanol–water partition coefficient (Wildman–Crippen LogP) is 3.76. The van der Waals surface area contributed by atoms with E-state index in [9.17, 15) is 4.39 Å². The Labute approximate surface area is 120 Å². The van der Waals surface area contributed by atoms with Crippen molar-refractivity contribution >= 4 is 15.9 Å². The van der Waals surface area contributed by atoms with Gasteiger partial charge in [-0.1, -0.05) is 29.8 Å². The minimum Gasteiger partial charge on any atom is -0.271 e. The van der Waals surface area contributed by atoms with Crippen molar-refractivity contribution < 1.29 is 4.39 Å². The lowest BCUT2D eigenvalue weighted by molar-refractivity contribution is 0.609. The van der Waals surface area contributed by atoms with Crippen molar-refractivity contribution in [2.24, 2.45) is 5.84 Å². The van der Waals surface area contributed by atoms with Crippen LogP contribution < -0.4 is 11.3 Å². The number of nitrogens with two attached hydrogens (primary N) is 1. The average Bonchev–Trinajstić information content (AvgIpc) is 2.37. The zero-order valence-corrected chi connectivity index (χ0v) is 12.5. The van der Waals surface area contributed by atoms with Crippen LogP contribution in [0.15, 0.2) is 40.9 Å². The summed E-state index contributed by atoms with van der Waals surface area (Å²) in [7, 11) is 0. The molecule has 0 radical (unpaired) electrons. The molecule has 1 unspecified atom stereocenters. The second-order valence-corrected chi connectivity index (χ2v) is 5.49. The second-order valence-electron chi connectivity index (χ2n) is 4.63. The summed E-state index contributed by atoms with van der Waals surface area (Å²) < 4.78 is 13.7. The average molecular weight is 323 g/mol. The lowest BCUT2D eigenvalue weighted by atomic mass is 9.94. The standard InChI is InChI=1S/C15H16BrFN2/c1-9-3-5-12(10(2)7-9)15(19-18)11-4-6-14(17)13(16)8-11/h3-8,15,19H,18H2,1-2H3. The molecule has 1 atom stereocenters. The molecule has 0 aromatic heterocycles. The van der Waals surface area contributed by atoms with Gasteiger partial charge < -0.3 is 0 Å². The molecule has 2 nitrogen and oxygen atoms in total. The lowest BCUT2D eigenvalue weighted by Gasteiger charge is -2.20. The number of aryl methyl sites for hydroxylation is 2. The fourth-order valence-electron chi connectivity index (χ4n) is 2.21. The Morgan fingerprint density at radius 2 is 1.89 bits per heavy atom. The first-order valence-electron chi connectivity index (χ1n) is 6.01. The molecule has 0 amide bonds. The van der Waals surface area contributed by atoms with Gasteiger partial charge in [0.1, 0.15) is 5.82 Å². The maximum atomic E-state index is 13.3. The summed E-state index contributed by atoms with van der Waals surface area (Å²) >= 11 is 3.20. The van der Waals surface area contributed by atoms with E-state index in [1.54, 1.807) is 12.1 Å². The molecular formula is C15H16BrFN2. The predicted molar refractivity (Wildman–Crippen MR) is 79.2 cm³/mol. The van der Waals surface area contributed by atoms with Gasteiger partial charge in [0, 0.05) is 0 Å². The highest BCUT2D eigenvalue weighted by Crippen LogP contribution is 2.28. The van der Waals surface area contributed by atoms with Crippen molar-refractivity contribution in [2.45, 2.75) is 19.9 Å². The zero-order chi connectivity index (χ0) is 14.0. The van der Waals surface area contributed by atoms with Gasteiger partial charge >= 0.3 is 0 Å². The summed E-state index contributed by atoms with van der Waals surface area (Å²) in [5.41, 5.74) is 7.17. The van der Waals surface area contributed by atoms with E-state index in [0.717, 1.165) is 16.7 Å². The van der Waals surface area contributed by atoms with Crippen LogP contribution in [0, 0.1) is 19.7 Å². The van der Waals surface area contributed by atoms with Crippen molar-refractivity contribution in [2.75, 3.05) is 0 Å². The topological polar surface area (TPSA) is 38.0 Å². The molecule has 2 rings (SSSR count). The van der Waals surface area contributed by atoms with E-state index >= 15 is 0 Å². The van der Waals surface area contributed by atoms with Gasteiger partial charge in [0.15, 0.2) is 0 Å². The largest absolute Gasteiger partial charge is 0.271 e. The van der Waals surface area contributed by atoms with Crippen LogP contribution in [0.25, 0.3) is 0 Å². The summed E-state index contributed by atoms with van der Waals surface area (Å²) in [6.45, 7) is 4.10. The molecule has 2 aromatic carbocycles. The normalized spacial score (nSPS) is 12.5. The van der Waals surface area contributed by atoms with Crippen LogP contribution in [0.3, 0.4) is 0 Å². The molecule has 0 aliphatic heterocycles. The third kappa shape index (κ3) is 3.03. The SMILES string of the molecule is Cc1ccc(C(NN)c2ccc(F)c(Br)c2)c(C)c1. The zero-order valence-electron chi connectivity index (χ0n) is 10.9. The van der Waals surface area contributed by atoms with E-state index < -0.39 is 0 Å². The number of nitrogens with one attached hydrogen (secondary N) is 1. The summed E-state index contributed by atoms with van der Waals surface area (Å²) in [6, 6.07) is 11.0. The maximum Gasteiger partial charge on any atom is 0.137 e. The van der Waals surface area contributed by atoms with Gasteiger partial charge in [0.25, 0.3) is 0 Å². The molecule has 0 aliphatic rings. The van der Waals surface area contributed by atoms with Crippen LogP contribution in [0.2, 0.25) is 0 Å². The van der Waals surface area contributed by atoms with Gasteiger partial charge in [0.05, 0.1) is 10.5 Å². The number of hydrazine groups is 1. The highest BCUT2D eigenvalue weighted by molar-refractivity contribution is 9.10. The maximum absolute atomic E-state index is 13.3. The Bertz CT molecular complexity index is 599. The Morgan fingerprint density at radius 3 is 2.47 bits per heavy atom. The number of rotatable bonds is 3. The summed E-state index contributed by atoms with van der Waals surface area (Å²) in [5, 5.41) is 0. The van der Waals surface area contributed by atoms with Crippen LogP contribution in [-0.2, 0) is 0 Å². The van der Waals surface area contributed by atoms with E-state index in [-0.39, 0.29) is 11.9 Å². The summed E-state index contributed by atoms with van der Waals surface area (Å²) in [4.78, 5) is 0. The summed E-state index contributed by atoms with van der Waals surface area (Å²) in [5.74, 6) is 5.40. The Balaban J connectivity index is 2.46. The molecule has 19 heavy (non-hydrogen) atoms. The van der Waals surface area contributed by atoms with E-state index in [0.29, 0.717) is 4.47 Å². The molecule has 0 spiro atoms. The minimum atomic E-state index is -0.278. The molecule has 0 aliphatic carbocycles. The van der Waals surface area contributed by atoms with E-state index in [4.69, 9.17) is 5.84 Å². The van der Waals surface area contributed by atoms with E-state index in [1.165, 1.54) is 11.6 Å². The molecule has 3 N–H and O–H groups in total. The first-order chi connectivity index (χ1) is 9.02. The first-order valence-corrected chi connectivity index (χ1v) is 6.80. The van der Waals surface area contributed by atoms with E-state index in [1.807, 2.05) is 19.1 Å². The number of halogens is 2. The van der Waals surface area contributed by atoms with Crippen molar-refractivity contribution in [3.05, 3.63) is 68.9 Å². The van der Waals surface area contributed by atoms with Gasteiger partial charge in [0.2, 0.25) is 0 Å². The number of hydrogen-bond donors (Lipinski definition) is 2. The minimum absolute atomic E-state index is 0.155. The monoisotopic (exact) mass is 322 g/mol. The fraction of sp³-hybridized carbons (Fsp3) is 0.200. The van der Waals surface area contributed by atoms with Crippen LogP contribution in [0.5, 0.6) is 0 Å². The third-order valence-corrected chi connectivity index (χ3v) is 3.79. The summed E-state index contributed by atoms with van der Waals surface area (Å²) in [6.07, 6.45) is 0. The van der Waals surface area contributed by atoms with Crippen molar-refractivity contribution in [1.82, 2.24) is 5.43 Å². The van der Waals surface area contributed by atoms with Gasteiger partial charge in [-0.2, -0.15) is 0 Å². The van der Waals surface area contributed by atoms with Gasteiger partial charge in [-0.3, -0.25) is 5.84 Å². The quantitative estimate of drug-likeness (QED) is 0.667. The number of hydrogen-bond acceptors (Lipinski definition) is 2. The number of benzene rings is 2. The van der Waals surface area contributed by atoms with E-state index in [2.05, 4.69) is 34.3 Å². The first kappa shape index (κ1) is 14.2. The van der Waals surface area contributed by atoms with Crippen LogP contribution in [-0.4, -0.2) is 0 Å². The molecule has 0 saturated heterocycles. The Hall–Kier alpha value is -1.23. The van der Waals surface area contributed by atoms with Gasteiger partial charge in [-0.15, -0.1) is 0 Å². The van der Waals surface area contributed by atoms with Crippen LogP contribution in [0.4, 0.5) is 4.39 Å². The molecule has 100 valence electrons. The molecule has 2 aromatic rings. The van der Waals surface area contributed by atoms with Crippen LogP contribution in [0.1, 0.15) is 28.3 Å². The molecule has 0 saturated carbocycles. The third-order valence-electron chi connectivity index (χ3n) is 3.18. The lowest BCUT2D eigenvalue weighted by Crippen LogP contribution is -2.29. The second kappa shape index (κ2) is 5.82. The molecular weight excluding hydrogens is 307 g/mol. The highest BCUT2D eigenvalue weighted by Gasteiger charge is 2.15. The van der Waals surface area contributed by atoms with Crippen LogP contribution >= 0.6 is 15.9 Å². The van der Waals surface area contributed by atoms with Crippen molar-refractivity contribution in [3.8, 4) is 0 Å². The van der Waals surface area contributed by atoms with Crippen molar-refractivity contribution in [1.29, 1.82) is 0 Å². The fourth-order valence-corrected chi connectivity index (χ4v) is 2.60. The molecule has 0 heterocycles. The smallest absolute Gasteiger partial charge is 0.137 e. The molecule has 4 heteroatoms. The molecule has 0 fully saturated rings. The Morgan fingerprint density at radius 1 is 1.16 bits per heavy atom. The van der Waals surface area contributed by atoms with Crippen molar-refractivity contribution in [3.63, 3.8) is 0 Å². The molecule has 0 bridgehead atoms. The Kier molecular flexibility index (Phi) is 4.34.